The van der Waals surface area contributed by atoms with Crippen LogP contribution in [0, 0.1) is 5.92 Å². The third kappa shape index (κ3) is 3.72. The first kappa shape index (κ1) is 11.6. The summed E-state index contributed by atoms with van der Waals surface area (Å²) in [6, 6.07) is 2.04. The van der Waals surface area contributed by atoms with Crippen molar-refractivity contribution in [1.82, 2.24) is 9.97 Å². The van der Waals surface area contributed by atoms with E-state index in [9.17, 15) is 0 Å². The van der Waals surface area contributed by atoms with Gasteiger partial charge in [-0.3, -0.25) is 0 Å². The third-order valence-corrected chi connectivity index (χ3v) is 2.18. The van der Waals surface area contributed by atoms with Crippen molar-refractivity contribution in [2.75, 3.05) is 6.54 Å². The van der Waals surface area contributed by atoms with E-state index in [4.69, 9.17) is 5.73 Å². The second-order valence-electron chi connectivity index (χ2n) is 3.76. The number of hydrogen-bond donors (Lipinski definition) is 1. The van der Waals surface area contributed by atoms with Crippen molar-refractivity contribution in [2.24, 2.45) is 11.7 Å². The molecule has 1 rings (SSSR count). The van der Waals surface area contributed by atoms with Gasteiger partial charge in [-0.25, -0.2) is 9.97 Å². The number of nitrogens with two attached hydrogens (primary N) is 1. The zero-order valence-corrected chi connectivity index (χ0v) is 10.2. The fourth-order valence-corrected chi connectivity index (χ4v) is 1.77. The van der Waals surface area contributed by atoms with Crippen LogP contribution in [0.2, 0.25) is 0 Å². The summed E-state index contributed by atoms with van der Waals surface area (Å²) >= 11 is 3.31. The van der Waals surface area contributed by atoms with Crippen molar-refractivity contribution in [3.8, 4) is 0 Å². The molecule has 0 fully saturated rings. The quantitative estimate of drug-likeness (QED) is 0.839. The van der Waals surface area contributed by atoms with Gasteiger partial charge in [0.2, 0.25) is 0 Å². The number of hydrogen-bond acceptors (Lipinski definition) is 3. The van der Waals surface area contributed by atoms with Crippen molar-refractivity contribution in [3.05, 3.63) is 22.2 Å². The molecule has 0 bridgehead atoms. The summed E-state index contributed by atoms with van der Waals surface area (Å²) in [6.45, 7) is 4.99. The Morgan fingerprint density at radius 1 is 1.36 bits per heavy atom. The summed E-state index contributed by atoms with van der Waals surface area (Å²) in [5.74, 6) is 0.613. The molecule has 14 heavy (non-hydrogen) atoms. The maximum Gasteiger partial charge on any atom is 0.197 e. The Kier molecular flexibility index (Phi) is 4.48. The summed E-state index contributed by atoms with van der Waals surface area (Å²) in [4.78, 5) is 8.58. The van der Waals surface area contributed by atoms with Gasteiger partial charge in [0.05, 0.1) is 0 Å². The molecule has 1 heterocycles. The second-order valence-corrected chi connectivity index (χ2v) is 4.47. The van der Waals surface area contributed by atoms with Gasteiger partial charge in [0.1, 0.15) is 0 Å². The topological polar surface area (TPSA) is 51.8 Å². The Morgan fingerprint density at radius 2 is 2.00 bits per heavy atom. The normalized spacial score (nSPS) is 10.9. The predicted molar refractivity (Wildman–Crippen MR) is 61.0 cm³/mol. The summed E-state index contributed by atoms with van der Waals surface area (Å²) in [5.41, 5.74) is 7.59. The number of aromatic nitrogens is 2. The smallest absolute Gasteiger partial charge is 0.197 e. The molecule has 2 N–H and O–H groups in total. The molecule has 1 aromatic rings. The minimum Gasteiger partial charge on any atom is -0.330 e. The maximum absolute atomic E-state index is 5.49. The Morgan fingerprint density at radius 3 is 2.57 bits per heavy atom. The lowest BCUT2D eigenvalue weighted by atomic mass is 10.1. The molecule has 4 heteroatoms. The Bertz CT molecular complexity index is 299. The van der Waals surface area contributed by atoms with Crippen molar-refractivity contribution in [2.45, 2.75) is 26.7 Å². The first-order chi connectivity index (χ1) is 6.61. The van der Waals surface area contributed by atoms with Crippen LogP contribution in [0.25, 0.3) is 0 Å². The zero-order valence-electron chi connectivity index (χ0n) is 8.63. The molecule has 0 saturated heterocycles. The highest BCUT2D eigenvalue weighted by Crippen LogP contribution is 2.11. The maximum atomic E-state index is 5.49. The van der Waals surface area contributed by atoms with Gasteiger partial charge in [-0.2, -0.15) is 0 Å². The van der Waals surface area contributed by atoms with Crippen LogP contribution in [0.1, 0.15) is 25.2 Å². The highest BCUT2D eigenvalue weighted by atomic mass is 79.9. The van der Waals surface area contributed by atoms with Crippen LogP contribution < -0.4 is 5.73 Å². The largest absolute Gasteiger partial charge is 0.330 e. The van der Waals surface area contributed by atoms with Crippen LogP contribution >= 0.6 is 15.9 Å². The third-order valence-electron chi connectivity index (χ3n) is 1.82. The first-order valence-corrected chi connectivity index (χ1v) is 5.63. The summed E-state index contributed by atoms with van der Waals surface area (Å²) in [7, 11) is 0. The first-order valence-electron chi connectivity index (χ1n) is 4.84. The van der Waals surface area contributed by atoms with Gasteiger partial charge in [-0.1, -0.05) is 13.8 Å². The predicted octanol–water partition coefficient (Wildman–Crippen LogP) is 1.94. The highest BCUT2D eigenvalue weighted by molar-refractivity contribution is 9.10. The molecule has 0 unspecified atom stereocenters. The van der Waals surface area contributed by atoms with Gasteiger partial charge in [-0.15, -0.1) is 0 Å². The van der Waals surface area contributed by atoms with Gasteiger partial charge < -0.3 is 5.73 Å². The van der Waals surface area contributed by atoms with E-state index < -0.39 is 0 Å². The van der Waals surface area contributed by atoms with Gasteiger partial charge in [-0.05, 0) is 40.9 Å². The minimum atomic E-state index is 0.613. The van der Waals surface area contributed by atoms with Crippen LogP contribution in [-0.2, 0) is 12.8 Å². The van der Waals surface area contributed by atoms with Crippen LogP contribution in [-0.4, -0.2) is 16.5 Å². The van der Waals surface area contributed by atoms with Crippen molar-refractivity contribution >= 4 is 15.9 Å². The van der Waals surface area contributed by atoms with Crippen molar-refractivity contribution < 1.29 is 0 Å². The average molecular weight is 258 g/mol. The number of rotatable bonds is 4. The molecule has 3 nitrogen and oxygen atoms in total. The van der Waals surface area contributed by atoms with Crippen LogP contribution in [0.4, 0.5) is 0 Å². The SMILES string of the molecule is CC(C)Cc1cc(CCN)nc(Br)n1. The molecule has 0 aromatic carbocycles. The molecule has 0 radical (unpaired) electrons. The fourth-order valence-electron chi connectivity index (χ4n) is 1.32. The van der Waals surface area contributed by atoms with E-state index in [0.29, 0.717) is 17.2 Å². The molecule has 0 amide bonds. The van der Waals surface area contributed by atoms with Crippen LogP contribution in [0.3, 0.4) is 0 Å². The minimum absolute atomic E-state index is 0.613. The monoisotopic (exact) mass is 257 g/mol. The molecule has 0 aliphatic heterocycles. The van der Waals surface area contributed by atoms with E-state index in [-0.39, 0.29) is 0 Å². The van der Waals surface area contributed by atoms with Crippen LogP contribution in [0.5, 0.6) is 0 Å². The van der Waals surface area contributed by atoms with Crippen molar-refractivity contribution in [3.63, 3.8) is 0 Å². The Hall–Kier alpha value is -0.480. The molecule has 0 atom stereocenters. The zero-order chi connectivity index (χ0) is 10.6. The molecular weight excluding hydrogens is 242 g/mol. The molecule has 0 spiro atoms. The second kappa shape index (κ2) is 5.41. The molecule has 0 aliphatic rings. The fraction of sp³-hybridized carbons (Fsp3) is 0.600. The lowest BCUT2D eigenvalue weighted by molar-refractivity contribution is 0.630. The van der Waals surface area contributed by atoms with E-state index >= 15 is 0 Å². The number of halogens is 1. The highest BCUT2D eigenvalue weighted by Gasteiger charge is 2.04. The molecule has 0 saturated carbocycles. The summed E-state index contributed by atoms with van der Waals surface area (Å²) < 4.78 is 0.666. The van der Waals surface area contributed by atoms with Crippen molar-refractivity contribution in [1.29, 1.82) is 0 Å². The standard InChI is InChI=1S/C10H16BrN3/c1-7(2)5-9-6-8(3-4-12)13-10(11)14-9/h6-7H,3-5,12H2,1-2H3. The summed E-state index contributed by atoms with van der Waals surface area (Å²) in [6.07, 6.45) is 1.80. The van der Waals surface area contributed by atoms with Gasteiger partial charge in [0.25, 0.3) is 0 Å². The van der Waals surface area contributed by atoms with E-state index in [1.54, 1.807) is 0 Å². The molecule has 78 valence electrons. The van der Waals surface area contributed by atoms with E-state index in [2.05, 4.69) is 39.7 Å². The Labute approximate surface area is 93.3 Å². The van der Waals surface area contributed by atoms with Crippen LogP contribution in [0.15, 0.2) is 10.8 Å². The summed E-state index contributed by atoms with van der Waals surface area (Å²) in [5, 5.41) is 0. The van der Waals surface area contributed by atoms with Gasteiger partial charge in [0, 0.05) is 17.8 Å². The molecule has 0 aliphatic carbocycles. The van der Waals surface area contributed by atoms with Gasteiger partial charge in [0.15, 0.2) is 4.73 Å². The number of nitrogens with zero attached hydrogens (tertiary/aromatic N) is 2. The molecular formula is C10H16BrN3. The molecule has 1 aromatic heterocycles. The lowest BCUT2D eigenvalue weighted by Gasteiger charge is -2.06. The van der Waals surface area contributed by atoms with Gasteiger partial charge >= 0.3 is 0 Å². The lowest BCUT2D eigenvalue weighted by Crippen LogP contribution is -2.07. The van der Waals surface area contributed by atoms with E-state index in [1.807, 2.05) is 6.07 Å². The average Bonchev–Trinajstić information content (AvgIpc) is 2.01. The van der Waals surface area contributed by atoms with E-state index in [0.717, 1.165) is 24.2 Å². The van der Waals surface area contributed by atoms with E-state index in [1.165, 1.54) is 0 Å². The Balaban J connectivity index is 2.83.